The van der Waals surface area contributed by atoms with Gasteiger partial charge in [-0.3, -0.25) is 14.9 Å². The number of rotatable bonds is 3. The molecule has 2 aliphatic rings. The third kappa shape index (κ3) is 3.10. The van der Waals surface area contributed by atoms with Gasteiger partial charge in [0.15, 0.2) is 0 Å². The maximum Gasteiger partial charge on any atom is 0.416 e. The van der Waals surface area contributed by atoms with Crippen LogP contribution in [-0.4, -0.2) is 39.8 Å². The molecule has 6 nitrogen and oxygen atoms in total. The molecule has 146 valence electrons. The Labute approximate surface area is 158 Å². The smallest absolute Gasteiger partial charge is 0.328 e. The summed E-state index contributed by atoms with van der Waals surface area (Å²) in [7, 11) is 0. The highest BCUT2D eigenvalue weighted by atomic mass is 19.4. The second-order valence-electron chi connectivity index (χ2n) is 7.30. The lowest BCUT2D eigenvalue weighted by Gasteiger charge is -2.35. The third-order valence-electron chi connectivity index (χ3n) is 5.48. The van der Waals surface area contributed by atoms with Crippen molar-refractivity contribution in [3.63, 3.8) is 0 Å². The maximum absolute atomic E-state index is 13.1. The van der Waals surface area contributed by atoms with Gasteiger partial charge in [-0.2, -0.15) is 13.2 Å². The first-order valence-electron chi connectivity index (χ1n) is 8.78. The second-order valence-corrected chi connectivity index (χ2v) is 7.30. The first kappa shape index (κ1) is 18.4. The number of halogens is 3. The van der Waals surface area contributed by atoms with Crippen molar-refractivity contribution < 1.29 is 22.8 Å². The van der Waals surface area contributed by atoms with Crippen LogP contribution >= 0.6 is 0 Å². The van der Waals surface area contributed by atoms with Crippen LogP contribution in [0.1, 0.15) is 34.8 Å². The highest BCUT2D eigenvalue weighted by Gasteiger charge is 2.58. The summed E-state index contributed by atoms with van der Waals surface area (Å²) in [6.45, 7) is 1.94. The van der Waals surface area contributed by atoms with Gasteiger partial charge in [-0.1, -0.05) is 6.92 Å². The van der Waals surface area contributed by atoms with E-state index in [1.165, 1.54) is 23.4 Å². The van der Waals surface area contributed by atoms with Crippen LogP contribution in [0.2, 0.25) is 0 Å². The van der Waals surface area contributed by atoms with E-state index in [1.54, 1.807) is 6.07 Å². The molecule has 0 radical (unpaired) electrons. The molecule has 2 heterocycles. The number of fused-ring (bicyclic) bond motifs is 2. The van der Waals surface area contributed by atoms with Crippen molar-refractivity contribution in [2.75, 3.05) is 18.4 Å². The van der Waals surface area contributed by atoms with Gasteiger partial charge in [-0.25, -0.2) is 9.97 Å². The Balaban J connectivity index is 1.60. The molecule has 1 aromatic heterocycles. The molecule has 1 N–H and O–H groups in total. The second kappa shape index (κ2) is 6.29. The van der Waals surface area contributed by atoms with E-state index in [0.29, 0.717) is 12.0 Å². The highest BCUT2D eigenvalue weighted by Crippen LogP contribution is 2.57. The van der Waals surface area contributed by atoms with E-state index in [-0.39, 0.29) is 30.5 Å². The summed E-state index contributed by atoms with van der Waals surface area (Å²) < 4.78 is 39.4. The van der Waals surface area contributed by atoms with Crippen LogP contribution in [0, 0.1) is 5.92 Å². The van der Waals surface area contributed by atoms with Gasteiger partial charge in [0.25, 0.3) is 5.91 Å². The first-order valence-corrected chi connectivity index (χ1v) is 8.78. The first-order chi connectivity index (χ1) is 13.2. The number of amides is 2. The minimum Gasteiger partial charge on any atom is -0.328 e. The molecule has 2 aromatic rings. The average molecular weight is 390 g/mol. The molecule has 9 heteroatoms. The van der Waals surface area contributed by atoms with Gasteiger partial charge in [-0.15, -0.1) is 0 Å². The van der Waals surface area contributed by atoms with E-state index in [1.807, 2.05) is 6.92 Å². The van der Waals surface area contributed by atoms with Crippen LogP contribution in [-0.2, 0) is 16.4 Å². The lowest BCUT2D eigenvalue weighted by molar-refractivity contribution is -0.137. The zero-order valence-electron chi connectivity index (χ0n) is 15.0. The molecule has 1 fully saturated rings. The minimum absolute atomic E-state index is 0.127. The summed E-state index contributed by atoms with van der Waals surface area (Å²) in [5.41, 5.74) is -0.631. The van der Waals surface area contributed by atoms with Crippen molar-refractivity contribution in [2.24, 2.45) is 5.92 Å². The molecule has 2 atom stereocenters. The van der Waals surface area contributed by atoms with Crippen molar-refractivity contribution >= 4 is 17.8 Å². The number of aromatic nitrogens is 2. The van der Waals surface area contributed by atoms with E-state index in [4.69, 9.17) is 0 Å². The molecule has 2 amide bonds. The Hall–Kier alpha value is -2.97. The monoisotopic (exact) mass is 390 g/mol. The lowest BCUT2D eigenvalue weighted by Crippen LogP contribution is -2.47. The van der Waals surface area contributed by atoms with Crippen molar-refractivity contribution in [3.05, 3.63) is 53.3 Å². The fourth-order valence-electron chi connectivity index (χ4n) is 3.90. The Morgan fingerprint density at radius 3 is 2.61 bits per heavy atom. The van der Waals surface area contributed by atoms with Crippen LogP contribution in [0.25, 0.3) is 0 Å². The van der Waals surface area contributed by atoms with Crippen molar-refractivity contribution in [2.45, 2.75) is 24.9 Å². The molecule has 1 aliphatic heterocycles. The Bertz CT molecular complexity index is 948. The van der Waals surface area contributed by atoms with E-state index in [9.17, 15) is 22.8 Å². The summed E-state index contributed by atoms with van der Waals surface area (Å²) in [6.07, 6.45) is -0.841. The molecule has 1 aromatic carbocycles. The molecule has 1 aliphatic carbocycles. The standard InChI is InChI=1S/C19H17F3N4O2/c1-11-8-18(11)10-26(9-15(27)25-17-23-5-2-6-24-17)16(28)13-4-3-12(7-14(13)18)19(20,21)22/h2-7,11H,8-10H2,1H3,(H,23,24,25,27)/t11-,18-/m0/s1. The summed E-state index contributed by atoms with van der Waals surface area (Å²) in [5, 5.41) is 2.52. The zero-order valence-corrected chi connectivity index (χ0v) is 15.0. The predicted octanol–water partition coefficient (Wildman–Crippen LogP) is 2.87. The predicted molar refractivity (Wildman–Crippen MR) is 93.5 cm³/mol. The number of benzene rings is 1. The summed E-state index contributed by atoms with van der Waals surface area (Å²) in [4.78, 5) is 34.3. The number of carbonyl (C=O) groups excluding carboxylic acids is 2. The number of hydrogen-bond acceptors (Lipinski definition) is 4. The lowest BCUT2D eigenvalue weighted by atomic mass is 9.83. The topological polar surface area (TPSA) is 75.2 Å². The third-order valence-corrected chi connectivity index (χ3v) is 5.48. The molecule has 1 spiro atoms. The van der Waals surface area contributed by atoms with E-state index in [2.05, 4.69) is 15.3 Å². The van der Waals surface area contributed by atoms with Gasteiger partial charge in [0, 0.05) is 29.9 Å². The fraction of sp³-hybridized carbons (Fsp3) is 0.368. The SMILES string of the molecule is C[C@H]1C[C@]12CN(CC(=O)Nc1ncccn1)C(=O)c1ccc(C(F)(F)F)cc12. The zero-order chi connectivity index (χ0) is 20.1. The van der Waals surface area contributed by atoms with Crippen LogP contribution in [0.15, 0.2) is 36.7 Å². The fourth-order valence-corrected chi connectivity index (χ4v) is 3.90. The van der Waals surface area contributed by atoms with Gasteiger partial charge in [-0.05, 0) is 42.2 Å². The molecular formula is C19H17F3N4O2. The summed E-state index contributed by atoms with van der Waals surface area (Å²) >= 11 is 0. The highest BCUT2D eigenvalue weighted by molar-refractivity contribution is 6.01. The largest absolute Gasteiger partial charge is 0.416 e. The Morgan fingerprint density at radius 1 is 1.32 bits per heavy atom. The van der Waals surface area contributed by atoms with Crippen LogP contribution in [0.5, 0.6) is 0 Å². The van der Waals surface area contributed by atoms with Crippen molar-refractivity contribution in [1.82, 2.24) is 14.9 Å². The molecule has 0 saturated heterocycles. The Morgan fingerprint density at radius 2 is 2.00 bits per heavy atom. The van der Waals surface area contributed by atoms with E-state index < -0.39 is 29.0 Å². The summed E-state index contributed by atoms with van der Waals surface area (Å²) in [5.74, 6) is -0.650. The van der Waals surface area contributed by atoms with Crippen LogP contribution < -0.4 is 5.32 Å². The molecule has 1 saturated carbocycles. The van der Waals surface area contributed by atoms with E-state index >= 15 is 0 Å². The number of alkyl halides is 3. The molecule has 0 unspecified atom stereocenters. The van der Waals surface area contributed by atoms with Crippen LogP contribution in [0.3, 0.4) is 0 Å². The van der Waals surface area contributed by atoms with Gasteiger partial charge < -0.3 is 4.90 Å². The Kier molecular flexibility index (Phi) is 4.13. The van der Waals surface area contributed by atoms with E-state index in [0.717, 1.165) is 12.1 Å². The van der Waals surface area contributed by atoms with Crippen molar-refractivity contribution in [1.29, 1.82) is 0 Å². The molecule has 4 rings (SSSR count). The van der Waals surface area contributed by atoms with Crippen molar-refractivity contribution in [3.8, 4) is 0 Å². The minimum atomic E-state index is -4.47. The van der Waals surface area contributed by atoms with Crippen LogP contribution in [0.4, 0.5) is 19.1 Å². The number of hydrogen-bond donors (Lipinski definition) is 1. The quantitative estimate of drug-likeness (QED) is 0.875. The molecular weight excluding hydrogens is 373 g/mol. The molecule has 28 heavy (non-hydrogen) atoms. The normalized spacial score (nSPS) is 23.5. The number of nitrogens with one attached hydrogen (secondary N) is 1. The molecule has 0 bridgehead atoms. The van der Waals surface area contributed by atoms with Gasteiger partial charge >= 0.3 is 6.18 Å². The van der Waals surface area contributed by atoms with Gasteiger partial charge in [0.05, 0.1) is 5.56 Å². The number of nitrogens with zero attached hydrogens (tertiary/aromatic N) is 3. The average Bonchev–Trinajstić information content (AvgIpc) is 3.29. The number of anilines is 1. The number of carbonyl (C=O) groups is 2. The van der Waals surface area contributed by atoms with Gasteiger partial charge in [0.1, 0.15) is 6.54 Å². The maximum atomic E-state index is 13.1. The summed E-state index contributed by atoms with van der Waals surface area (Å²) in [6, 6.07) is 4.83. The van der Waals surface area contributed by atoms with Gasteiger partial charge in [0.2, 0.25) is 11.9 Å².